The highest BCUT2D eigenvalue weighted by molar-refractivity contribution is 9.07. The summed E-state index contributed by atoms with van der Waals surface area (Å²) >= 11 is 2.92. The van der Waals surface area contributed by atoms with Crippen LogP contribution in [0.1, 0.15) is 0 Å². The number of amides is 2. The molecule has 1 heterocycles. The first-order chi connectivity index (χ1) is 4.20. The summed E-state index contributed by atoms with van der Waals surface area (Å²) in [6.07, 6.45) is 0. The Kier molecular flexibility index (Phi) is 1.70. The molecule has 1 rings (SSSR count). The van der Waals surface area contributed by atoms with Crippen molar-refractivity contribution in [3.63, 3.8) is 0 Å². The van der Waals surface area contributed by atoms with Crippen LogP contribution in [0.25, 0.3) is 0 Å². The smallest absolute Gasteiger partial charge is 0.252 e. The molecular formula is C4H5BrN2O2. The molecular weight excluding hydrogens is 188 g/mol. The third kappa shape index (κ3) is 1.41. The number of nitrogens with one attached hydrogen (secondary N) is 1. The van der Waals surface area contributed by atoms with Crippen LogP contribution in [0.2, 0.25) is 0 Å². The molecule has 0 bridgehead atoms. The van der Waals surface area contributed by atoms with Crippen molar-refractivity contribution in [2.24, 2.45) is 0 Å². The first-order valence-corrected chi connectivity index (χ1v) is 3.14. The van der Waals surface area contributed by atoms with Gasteiger partial charge in [0, 0.05) is 0 Å². The summed E-state index contributed by atoms with van der Waals surface area (Å²) in [6, 6.07) is 0. The summed E-state index contributed by atoms with van der Waals surface area (Å²) in [5.41, 5.74) is 0. The number of carbonyl (C=O) groups excluding carboxylic acids is 2. The van der Waals surface area contributed by atoms with Crippen LogP contribution in [0.3, 0.4) is 0 Å². The fourth-order valence-corrected chi connectivity index (χ4v) is 0.883. The molecule has 5 heteroatoms. The third-order valence-electron chi connectivity index (χ3n) is 0.990. The second kappa shape index (κ2) is 2.34. The molecule has 0 atom stereocenters. The zero-order valence-electron chi connectivity index (χ0n) is 4.56. The van der Waals surface area contributed by atoms with Gasteiger partial charge in [0.05, 0.1) is 22.7 Å². The van der Waals surface area contributed by atoms with Crippen molar-refractivity contribution >= 4 is 28.0 Å². The number of carbonyl (C=O) groups is 2. The molecule has 2 amide bonds. The maximum Gasteiger partial charge on any atom is 0.252 e. The number of hydrogen-bond acceptors (Lipinski definition) is 2. The van der Waals surface area contributed by atoms with Gasteiger partial charge in [-0.25, -0.2) is 0 Å². The third-order valence-corrected chi connectivity index (χ3v) is 1.64. The van der Waals surface area contributed by atoms with Gasteiger partial charge >= 0.3 is 0 Å². The zero-order valence-corrected chi connectivity index (χ0v) is 6.14. The second-order valence-corrected chi connectivity index (χ2v) is 2.55. The van der Waals surface area contributed by atoms with E-state index in [1.807, 2.05) is 0 Å². The van der Waals surface area contributed by atoms with Crippen molar-refractivity contribution < 1.29 is 9.59 Å². The Hall–Kier alpha value is -0.580. The normalized spacial score (nSPS) is 19.9. The molecule has 1 fully saturated rings. The summed E-state index contributed by atoms with van der Waals surface area (Å²) in [7, 11) is 0. The van der Waals surface area contributed by atoms with Crippen molar-refractivity contribution in [3.8, 4) is 0 Å². The summed E-state index contributed by atoms with van der Waals surface area (Å²) in [5.74, 6) is -0.249. The van der Waals surface area contributed by atoms with E-state index in [0.29, 0.717) is 0 Å². The number of piperazine rings is 1. The lowest BCUT2D eigenvalue weighted by atomic mass is 10.4. The van der Waals surface area contributed by atoms with Crippen LogP contribution in [0.15, 0.2) is 0 Å². The molecule has 0 aromatic rings. The molecule has 0 aromatic carbocycles. The highest BCUT2D eigenvalue weighted by Gasteiger charge is 2.19. The largest absolute Gasteiger partial charge is 0.345 e. The van der Waals surface area contributed by atoms with Crippen LogP contribution in [-0.2, 0) is 9.59 Å². The van der Waals surface area contributed by atoms with E-state index in [0.717, 1.165) is 0 Å². The summed E-state index contributed by atoms with van der Waals surface area (Å²) in [5, 5.41) is 2.40. The lowest BCUT2D eigenvalue weighted by molar-refractivity contribution is -0.135. The monoisotopic (exact) mass is 192 g/mol. The van der Waals surface area contributed by atoms with Crippen LogP contribution < -0.4 is 5.32 Å². The lowest BCUT2D eigenvalue weighted by Gasteiger charge is -2.19. The van der Waals surface area contributed by atoms with E-state index < -0.39 is 0 Å². The van der Waals surface area contributed by atoms with E-state index >= 15 is 0 Å². The average molecular weight is 193 g/mol. The number of nitrogens with zero attached hydrogens (tertiary/aromatic N) is 1. The quantitative estimate of drug-likeness (QED) is 0.515. The number of hydrogen-bond donors (Lipinski definition) is 1. The predicted octanol–water partition coefficient (Wildman–Crippen LogP) is -0.745. The van der Waals surface area contributed by atoms with E-state index in [4.69, 9.17) is 0 Å². The van der Waals surface area contributed by atoms with Crippen LogP contribution in [0.5, 0.6) is 0 Å². The van der Waals surface area contributed by atoms with Crippen molar-refractivity contribution in [1.82, 2.24) is 9.24 Å². The lowest BCUT2D eigenvalue weighted by Crippen LogP contribution is -2.47. The molecule has 0 aliphatic carbocycles. The fourth-order valence-electron chi connectivity index (χ4n) is 0.530. The van der Waals surface area contributed by atoms with Crippen LogP contribution in [0, 0.1) is 0 Å². The van der Waals surface area contributed by atoms with Gasteiger partial charge in [-0.3, -0.25) is 13.5 Å². The Morgan fingerprint density at radius 3 is 2.67 bits per heavy atom. The molecule has 9 heavy (non-hydrogen) atoms. The molecule has 1 saturated heterocycles. The Labute approximate surface area is 60.5 Å². The molecule has 0 spiro atoms. The van der Waals surface area contributed by atoms with Gasteiger partial charge in [0.15, 0.2) is 0 Å². The van der Waals surface area contributed by atoms with Gasteiger partial charge in [-0.1, -0.05) is 0 Å². The van der Waals surface area contributed by atoms with Gasteiger partial charge in [-0.15, -0.1) is 0 Å². The Morgan fingerprint density at radius 1 is 1.56 bits per heavy atom. The Balaban J connectivity index is 2.54. The Bertz CT molecular complexity index is 159. The standard InChI is InChI=1S/C4H5BrN2O2/c5-7-2-3(8)6-1-4(7)9/h1-2H2,(H,6,8). The second-order valence-electron chi connectivity index (χ2n) is 1.69. The molecule has 0 saturated carbocycles. The summed E-state index contributed by atoms with van der Waals surface area (Å²) < 4.78 is 1.21. The SMILES string of the molecule is O=C1CN(Br)C(=O)CN1. The molecule has 0 aromatic heterocycles. The fraction of sp³-hybridized carbons (Fsp3) is 0.500. The Morgan fingerprint density at radius 2 is 2.22 bits per heavy atom. The first kappa shape index (κ1) is 6.54. The molecule has 0 unspecified atom stereocenters. The van der Waals surface area contributed by atoms with E-state index in [-0.39, 0.29) is 24.9 Å². The molecule has 4 nitrogen and oxygen atoms in total. The molecule has 50 valence electrons. The van der Waals surface area contributed by atoms with Crippen LogP contribution in [0.4, 0.5) is 0 Å². The molecule has 0 radical (unpaired) electrons. The van der Waals surface area contributed by atoms with Gasteiger partial charge in [0.1, 0.15) is 6.54 Å². The number of halogens is 1. The minimum Gasteiger partial charge on any atom is -0.345 e. The molecule has 1 aliphatic heterocycles. The minimum atomic E-state index is -0.133. The van der Waals surface area contributed by atoms with E-state index in [9.17, 15) is 9.59 Å². The summed E-state index contributed by atoms with van der Waals surface area (Å²) in [6.45, 7) is 0.211. The van der Waals surface area contributed by atoms with Crippen LogP contribution >= 0.6 is 16.1 Å². The van der Waals surface area contributed by atoms with Gasteiger partial charge in [-0.2, -0.15) is 0 Å². The van der Waals surface area contributed by atoms with Gasteiger partial charge < -0.3 is 5.32 Å². The van der Waals surface area contributed by atoms with Crippen molar-refractivity contribution in [3.05, 3.63) is 0 Å². The highest BCUT2D eigenvalue weighted by Crippen LogP contribution is 2.00. The van der Waals surface area contributed by atoms with Crippen molar-refractivity contribution in [2.75, 3.05) is 13.1 Å². The number of rotatable bonds is 0. The van der Waals surface area contributed by atoms with Crippen molar-refractivity contribution in [2.45, 2.75) is 0 Å². The summed E-state index contributed by atoms with van der Waals surface area (Å²) in [4.78, 5) is 21.1. The molecule has 1 N–H and O–H groups in total. The van der Waals surface area contributed by atoms with Gasteiger partial charge in [0.25, 0.3) is 5.91 Å². The van der Waals surface area contributed by atoms with Gasteiger partial charge in [-0.05, 0) is 0 Å². The topological polar surface area (TPSA) is 49.4 Å². The predicted molar refractivity (Wildman–Crippen MR) is 33.6 cm³/mol. The van der Waals surface area contributed by atoms with E-state index in [1.54, 1.807) is 0 Å². The molecule has 1 aliphatic rings. The van der Waals surface area contributed by atoms with Crippen molar-refractivity contribution in [1.29, 1.82) is 0 Å². The zero-order chi connectivity index (χ0) is 6.85. The minimum absolute atomic E-state index is 0.101. The van der Waals surface area contributed by atoms with E-state index in [2.05, 4.69) is 21.5 Å². The van der Waals surface area contributed by atoms with E-state index in [1.165, 1.54) is 3.93 Å². The maximum absolute atomic E-state index is 10.6. The highest BCUT2D eigenvalue weighted by atomic mass is 79.9. The van der Waals surface area contributed by atoms with Crippen LogP contribution in [-0.4, -0.2) is 28.8 Å². The van der Waals surface area contributed by atoms with Gasteiger partial charge in [0.2, 0.25) is 5.91 Å². The maximum atomic E-state index is 10.6. The first-order valence-electron chi connectivity index (χ1n) is 2.43. The average Bonchev–Trinajstić information content (AvgIpc) is 1.80.